The second-order valence-electron chi connectivity index (χ2n) is 12.5. The van der Waals surface area contributed by atoms with Crippen molar-refractivity contribution in [3.05, 3.63) is 182 Å². The van der Waals surface area contributed by atoms with Crippen LogP contribution in [0.25, 0.3) is 69.6 Å². The second-order valence-corrected chi connectivity index (χ2v) is 13.6. The van der Waals surface area contributed by atoms with E-state index >= 15 is 0 Å². The number of rotatable bonds is 5. The summed E-state index contributed by atoms with van der Waals surface area (Å²) in [6, 6.07) is 66.2. The van der Waals surface area contributed by atoms with Crippen LogP contribution in [-0.2, 0) is 0 Å². The molecule has 2 aromatic heterocycles. The first-order chi connectivity index (χ1) is 24.3. The molecule has 0 aliphatic heterocycles. The van der Waals surface area contributed by atoms with Crippen LogP contribution >= 0.6 is 11.3 Å². The number of thiophene rings is 1. The minimum Gasteiger partial charge on any atom is -0.307 e. The van der Waals surface area contributed by atoms with Crippen molar-refractivity contribution in [3.8, 4) is 16.8 Å². The van der Waals surface area contributed by atoms with Crippen molar-refractivity contribution in [2.45, 2.75) is 0 Å². The molecular formula is C46H30N2S. The second kappa shape index (κ2) is 11.2. The molecular weight excluding hydrogens is 613 g/mol. The Bertz CT molecular complexity index is 2800. The summed E-state index contributed by atoms with van der Waals surface area (Å²) in [5.74, 6) is 0. The van der Waals surface area contributed by atoms with Gasteiger partial charge in [0.1, 0.15) is 0 Å². The van der Waals surface area contributed by atoms with Gasteiger partial charge in [-0.3, -0.25) is 0 Å². The van der Waals surface area contributed by atoms with E-state index in [0.29, 0.717) is 0 Å². The largest absolute Gasteiger partial charge is 0.307 e. The first kappa shape index (κ1) is 27.9. The molecule has 0 aliphatic rings. The standard InChI is InChI=1S/C46H30N2S/c1-2-17-32-31(15-1)16-13-28-38(32)47(41-25-9-5-20-35(41)36-22-14-30-45-46(36)37-21-6-12-29-44(37)49-45)42-26-10-11-27-43(42)48-39-23-7-3-18-33(39)34-19-4-8-24-40(34)48/h1-30H. The molecule has 0 saturated carbocycles. The number of benzene rings is 8. The molecule has 2 heterocycles. The van der Waals surface area contributed by atoms with E-state index in [-0.39, 0.29) is 0 Å². The van der Waals surface area contributed by atoms with Gasteiger partial charge in [-0.1, -0.05) is 133 Å². The highest BCUT2D eigenvalue weighted by molar-refractivity contribution is 7.25. The molecule has 0 unspecified atom stereocenters. The summed E-state index contributed by atoms with van der Waals surface area (Å²) >= 11 is 1.87. The van der Waals surface area contributed by atoms with Gasteiger partial charge in [-0.15, -0.1) is 11.3 Å². The molecule has 0 fully saturated rings. The number of nitrogens with zero attached hydrogens (tertiary/aromatic N) is 2. The molecule has 0 bridgehead atoms. The van der Waals surface area contributed by atoms with Gasteiger partial charge >= 0.3 is 0 Å². The molecule has 3 heteroatoms. The summed E-state index contributed by atoms with van der Waals surface area (Å²) in [6.45, 7) is 0. The summed E-state index contributed by atoms with van der Waals surface area (Å²) in [6.07, 6.45) is 0. The summed E-state index contributed by atoms with van der Waals surface area (Å²) in [5, 5.41) is 7.53. The Balaban J connectivity index is 1.32. The number of anilines is 3. The number of hydrogen-bond acceptors (Lipinski definition) is 2. The maximum Gasteiger partial charge on any atom is 0.0702 e. The van der Waals surface area contributed by atoms with Crippen LogP contribution in [0.5, 0.6) is 0 Å². The smallest absolute Gasteiger partial charge is 0.0702 e. The lowest BCUT2D eigenvalue weighted by Gasteiger charge is -2.31. The Kier molecular flexibility index (Phi) is 6.39. The van der Waals surface area contributed by atoms with E-state index in [0.717, 1.165) is 22.7 Å². The van der Waals surface area contributed by atoms with Crippen LogP contribution in [0.1, 0.15) is 0 Å². The predicted molar refractivity (Wildman–Crippen MR) is 211 cm³/mol. The predicted octanol–water partition coefficient (Wildman–Crippen LogP) is 13.4. The monoisotopic (exact) mass is 642 g/mol. The van der Waals surface area contributed by atoms with Crippen LogP contribution in [0.3, 0.4) is 0 Å². The minimum absolute atomic E-state index is 1.11. The zero-order chi connectivity index (χ0) is 32.3. The van der Waals surface area contributed by atoms with Gasteiger partial charge in [-0.2, -0.15) is 0 Å². The lowest BCUT2D eigenvalue weighted by molar-refractivity contribution is 1.15. The molecule has 49 heavy (non-hydrogen) atoms. The van der Waals surface area contributed by atoms with E-state index in [1.807, 2.05) is 11.3 Å². The van der Waals surface area contributed by atoms with Gasteiger partial charge in [0, 0.05) is 41.9 Å². The fraction of sp³-hybridized carbons (Fsp3) is 0. The Hall–Kier alpha value is -6.16. The molecule has 10 rings (SSSR count). The van der Waals surface area contributed by atoms with E-state index in [1.165, 1.54) is 63.9 Å². The van der Waals surface area contributed by atoms with Crippen molar-refractivity contribution in [2.24, 2.45) is 0 Å². The molecule has 0 saturated heterocycles. The molecule has 0 spiro atoms. The SMILES string of the molecule is c1ccc(N(c2ccccc2-n2c3ccccc3c3ccccc32)c2cccc3ccccc23)c(-c2cccc3sc4ccccc4c23)c1. The van der Waals surface area contributed by atoms with Gasteiger partial charge in [0.05, 0.1) is 33.8 Å². The Morgan fingerprint density at radius 1 is 0.367 bits per heavy atom. The Morgan fingerprint density at radius 3 is 1.71 bits per heavy atom. The summed E-state index contributed by atoms with van der Waals surface area (Å²) in [4.78, 5) is 2.49. The third-order valence-electron chi connectivity index (χ3n) is 9.79. The molecule has 8 aromatic carbocycles. The highest BCUT2D eigenvalue weighted by Crippen LogP contribution is 2.49. The first-order valence-electron chi connectivity index (χ1n) is 16.7. The Morgan fingerprint density at radius 2 is 0.898 bits per heavy atom. The van der Waals surface area contributed by atoms with Crippen molar-refractivity contribution >= 4 is 81.1 Å². The highest BCUT2D eigenvalue weighted by Gasteiger charge is 2.24. The molecule has 2 nitrogen and oxygen atoms in total. The van der Waals surface area contributed by atoms with Gasteiger partial charge < -0.3 is 9.47 Å². The fourth-order valence-corrected chi connectivity index (χ4v) is 8.84. The van der Waals surface area contributed by atoms with Crippen molar-refractivity contribution in [3.63, 3.8) is 0 Å². The topological polar surface area (TPSA) is 8.17 Å². The van der Waals surface area contributed by atoms with Crippen LogP contribution in [0, 0.1) is 0 Å². The van der Waals surface area contributed by atoms with Crippen molar-refractivity contribution in [1.82, 2.24) is 4.57 Å². The van der Waals surface area contributed by atoms with Crippen molar-refractivity contribution < 1.29 is 0 Å². The van der Waals surface area contributed by atoms with E-state index in [1.54, 1.807) is 0 Å². The summed E-state index contributed by atoms with van der Waals surface area (Å²) < 4.78 is 5.05. The molecule has 0 aliphatic carbocycles. The van der Waals surface area contributed by atoms with E-state index in [9.17, 15) is 0 Å². The lowest BCUT2D eigenvalue weighted by Crippen LogP contribution is -2.14. The number of para-hydroxylation sites is 5. The molecule has 230 valence electrons. The summed E-state index contributed by atoms with van der Waals surface area (Å²) in [5.41, 5.74) is 9.33. The summed E-state index contributed by atoms with van der Waals surface area (Å²) in [7, 11) is 0. The van der Waals surface area contributed by atoms with Crippen LogP contribution in [0.4, 0.5) is 17.1 Å². The molecule has 0 atom stereocenters. The average Bonchev–Trinajstić information content (AvgIpc) is 3.72. The van der Waals surface area contributed by atoms with Gasteiger partial charge in [0.25, 0.3) is 0 Å². The quantitative estimate of drug-likeness (QED) is 0.181. The highest BCUT2D eigenvalue weighted by atomic mass is 32.1. The van der Waals surface area contributed by atoms with Gasteiger partial charge in [-0.05, 0) is 59.5 Å². The number of aromatic nitrogens is 1. The molecule has 10 aromatic rings. The average molecular weight is 643 g/mol. The molecule has 0 radical (unpaired) electrons. The van der Waals surface area contributed by atoms with E-state index < -0.39 is 0 Å². The normalized spacial score (nSPS) is 11.7. The van der Waals surface area contributed by atoms with E-state index in [2.05, 4.69) is 191 Å². The maximum atomic E-state index is 2.49. The zero-order valence-electron chi connectivity index (χ0n) is 26.6. The van der Waals surface area contributed by atoms with Crippen LogP contribution < -0.4 is 4.90 Å². The maximum absolute atomic E-state index is 2.49. The number of fused-ring (bicyclic) bond motifs is 7. The van der Waals surface area contributed by atoms with Crippen LogP contribution in [0.2, 0.25) is 0 Å². The first-order valence-corrected chi connectivity index (χ1v) is 17.5. The van der Waals surface area contributed by atoms with Crippen LogP contribution in [0.15, 0.2) is 182 Å². The van der Waals surface area contributed by atoms with Crippen molar-refractivity contribution in [2.75, 3.05) is 4.90 Å². The fourth-order valence-electron chi connectivity index (χ4n) is 7.71. The zero-order valence-corrected chi connectivity index (χ0v) is 27.4. The third kappa shape index (κ3) is 4.33. The van der Waals surface area contributed by atoms with Crippen molar-refractivity contribution in [1.29, 1.82) is 0 Å². The third-order valence-corrected chi connectivity index (χ3v) is 10.9. The Labute approximate surface area is 288 Å². The number of hydrogen-bond donors (Lipinski definition) is 0. The van der Waals surface area contributed by atoms with E-state index in [4.69, 9.17) is 0 Å². The van der Waals surface area contributed by atoms with Gasteiger partial charge in [0.15, 0.2) is 0 Å². The molecule has 0 amide bonds. The lowest BCUT2D eigenvalue weighted by atomic mass is 9.96. The minimum atomic E-state index is 1.11. The molecule has 0 N–H and O–H groups in total. The van der Waals surface area contributed by atoms with Crippen LogP contribution in [-0.4, -0.2) is 4.57 Å². The van der Waals surface area contributed by atoms with Gasteiger partial charge in [-0.25, -0.2) is 0 Å². The van der Waals surface area contributed by atoms with Gasteiger partial charge in [0.2, 0.25) is 0 Å².